The van der Waals surface area contributed by atoms with Crippen LogP contribution >= 0.6 is 0 Å². The van der Waals surface area contributed by atoms with Gasteiger partial charge in [-0.25, -0.2) is 13.6 Å². The average molecular weight is 311 g/mol. The molecule has 1 saturated carbocycles. The molecule has 0 spiro atoms. The van der Waals surface area contributed by atoms with Crippen LogP contribution in [-0.2, 0) is 9.59 Å². The molecule has 120 valence electrons. The molecule has 2 N–H and O–H groups in total. The number of carbonyl (C=O) groups is 2. The van der Waals surface area contributed by atoms with Gasteiger partial charge in [0.1, 0.15) is 6.04 Å². The summed E-state index contributed by atoms with van der Waals surface area (Å²) in [6, 6.07) is 2.66. The van der Waals surface area contributed by atoms with Crippen molar-refractivity contribution < 1.29 is 23.5 Å². The summed E-state index contributed by atoms with van der Waals surface area (Å²) in [6.07, 6.45) is 1.15. The Morgan fingerprint density at radius 3 is 2.59 bits per heavy atom. The van der Waals surface area contributed by atoms with Crippen molar-refractivity contribution in [3.63, 3.8) is 0 Å². The fraction of sp³-hybridized carbons (Fsp3) is 0.500. The van der Waals surface area contributed by atoms with Gasteiger partial charge >= 0.3 is 5.97 Å². The van der Waals surface area contributed by atoms with Gasteiger partial charge < -0.3 is 10.4 Å². The van der Waals surface area contributed by atoms with Gasteiger partial charge in [0.25, 0.3) is 0 Å². The van der Waals surface area contributed by atoms with Crippen LogP contribution < -0.4 is 5.32 Å². The van der Waals surface area contributed by atoms with Crippen LogP contribution in [0.1, 0.15) is 38.2 Å². The maximum atomic E-state index is 13.2. The minimum absolute atomic E-state index is 0.179. The predicted molar refractivity (Wildman–Crippen MR) is 76.2 cm³/mol. The maximum absolute atomic E-state index is 13.2. The lowest BCUT2D eigenvalue weighted by Crippen LogP contribution is -2.45. The van der Waals surface area contributed by atoms with Crippen LogP contribution in [0.5, 0.6) is 0 Å². The van der Waals surface area contributed by atoms with Gasteiger partial charge in [0, 0.05) is 5.92 Å². The first-order valence-corrected chi connectivity index (χ1v) is 7.33. The summed E-state index contributed by atoms with van der Waals surface area (Å²) in [4.78, 5) is 23.3. The SMILES string of the molecule is CC[C@H](C)[C@H](NC(=O)C1CC1c1ccc(F)c(F)c1)C(=O)O. The summed E-state index contributed by atoms with van der Waals surface area (Å²) >= 11 is 0. The number of halogens is 2. The number of carbonyl (C=O) groups excluding carboxylic acids is 1. The Kier molecular flexibility index (Phi) is 4.78. The van der Waals surface area contributed by atoms with E-state index in [1.54, 1.807) is 6.92 Å². The van der Waals surface area contributed by atoms with E-state index in [4.69, 9.17) is 5.11 Å². The normalized spacial score (nSPS) is 22.7. The van der Waals surface area contributed by atoms with E-state index in [1.807, 2.05) is 6.92 Å². The first kappa shape index (κ1) is 16.4. The van der Waals surface area contributed by atoms with Crippen LogP contribution in [-0.4, -0.2) is 23.0 Å². The smallest absolute Gasteiger partial charge is 0.326 e. The molecule has 0 saturated heterocycles. The van der Waals surface area contributed by atoms with Crippen LogP contribution in [0.4, 0.5) is 8.78 Å². The topological polar surface area (TPSA) is 66.4 Å². The van der Waals surface area contributed by atoms with Crippen LogP contribution in [0, 0.1) is 23.5 Å². The van der Waals surface area contributed by atoms with E-state index in [9.17, 15) is 18.4 Å². The maximum Gasteiger partial charge on any atom is 0.326 e. The van der Waals surface area contributed by atoms with E-state index < -0.39 is 23.6 Å². The molecular weight excluding hydrogens is 292 g/mol. The molecule has 1 amide bonds. The van der Waals surface area contributed by atoms with Crippen molar-refractivity contribution in [2.45, 2.75) is 38.6 Å². The Bertz CT molecular complexity index is 591. The minimum atomic E-state index is -1.06. The molecule has 0 aliphatic heterocycles. The summed E-state index contributed by atoms with van der Waals surface area (Å²) in [5, 5.41) is 11.7. The Hall–Kier alpha value is -1.98. The average Bonchev–Trinajstić information content (AvgIpc) is 3.26. The zero-order valence-corrected chi connectivity index (χ0v) is 12.5. The van der Waals surface area contributed by atoms with E-state index in [2.05, 4.69) is 5.32 Å². The van der Waals surface area contributed by atoms with Crippen molar-refractivity contribution >= 4 is 11.9 Å². The third-order valence-electron chi connectivity index (χ3n) is 4.28. The lowest BCUT2D eigenvalue weighted by Gasteiger charge is -2.20. The second kappa shape index (κ2) is 6.42. The minimum Gasteiger partial charge on any atom is -0.480 e. The van der Waals surface area contributed by atoms with E-state index in [0.717, 1.165) is 12.1 Å². The Balaban J connectivity index is 2.00. The lowest BCUT2D eigenvalue weighted by molar-refractivity contribution is -0.143. The summed E-state index contributed by atoms with van der Waals surface area (Å²) in [5.74, 6) is -4.01. The predicted octanol–water partition coefficient (Wildman–Crippen LogP) is 2.68. The molecule has 1 aliphatic rings. The highest BCUT2D eigenvalue weighted by Crippen LogP contribution is 2.47. The summed E-state index contributed by atoms with van der Waals surface area (Å²) in [6.45, 7) is 3.62. The summed E-state index contributed by atoms with van der Waals surface area (Å²) in [7, 11) is 0. The van der Waals surface area contributed by atoms with Crippen molar-refractivity contribution in [1.29, 1.82) is 0 Å². The number of hydrogen-bond acceptors (Lipinski definition) is 2. The number of nitrogens with one attached hydrogen (secondary N) is 1. The Labute approximate surface area is 127 Å². The molecule has 0 radical (unpaired) electrons. The fourth-order valence-electron chi connectivity index (χ4n) is 2.54. The molecule has 22 heavy (non-hydrogen) atoms. The van der Waals surface area contributed by atoms with Gasteiger partial charge in [0.05, 0.1) is 0 Å². The zero-order chi connectivity index (χ0) is 16.4. The van der Waals surface area contributed by atoms with Crippen LogP contribution in [0.25, 0.3) is 0 Å². The number of amides is 1. The molecule has 1 aromatic rings. The number of rotatable bonds is 6. The third kappa shape index (κ3) is 3.43. The summed E-state index contributed by atoms with van der Waals surface area (Å²) in [5.41, 5.74) is 0.564. The standard InChI is InChI=1S/C16H19F2NO3/c1-3-8(2)14(16(21)22)19-15(20)11-7-10(11)9-4-5-12(17)13(18)6-9/h4-6,8,10-11,14H,3,7H2,1-2H3,(H,19,20)(H,21,22)/t8-,10?,11?,14-/m0/s1. The van der Waals surface area contributed by atoms with Gasteiger partial charge in [0.2, 0.25) is 5.91 Å². The van der Waals surface area contributed by atoms with Gasteiger partial charge in [-0.05, 0) is 36.0 Å². The molecule has 1 aliphatic carbocycles. The van der Waals surface area contributed by atoms with Crippen molar-refractivity contribution in [3.8, 4) is 0 Å². The molecular formula is C16H19F2NO3. The first-order chi connectivity index (χ1) is 10.3. The van der Waals surface area contributed by atoms with E-state index in [-0.39, 0.29) is 23.7 Å². The molecule has 2 unspecified atom stereocenters. The van der Waals surface area contributed by atoms with E-state index in [1.165, 1.54) is 6.07 Å². The van der Waals surface area contributed by atoms with Gasteiger partial charge in [-0.2, -0.15) is 0 Å². The van der Waals surface area contributed by atoms with Gasteiger partial charge in [-0.3, -0.25) is 4.79 Å². The fourth-order valence-corrected chi connectivity index (χ4v) is 2.54. The lowest BCUT2D eigenvalue weighted by atomic mass is 9.99. The Morgan fingerprint density at radius 1 is 1.36 bits per heavy atom. The first-order valence-electron chi connectivity index (χ1n) is 7.33. The quantitative estimate of drug-likeness (QED) is 0.849. The Morgan fingerprint density at radius 2 is 2.05 bits per heavy atom. The number of carboxylic acids is 1. The number of aliphatic carboxylic acids is 1. The molecule has 4 nitrogen and oxygen atoms in total. The molecule has 0 heterocycles. The van der Waals surface area contributed by atoms with Crippen LogP contribution in [0.2, 0.25) is 0 Å². The second-order valence-corrected chi connectivity index (χ2v) is 5.83. The molecule has 1 fully saturated rings. The molecule has 1 aromatic carbocycles. The van der Waals surface area contributed by atoms with Gasteiger partial charge in [0.15, 0.2) is 11.6 Å². The highest BCUT2D eigenvalue weighted by Gasteiger charge is 2.45. The summed E-state index contributed by atoms with van der Waals surface area (Å²) < 4.78 is 26.1. The third-order valence-corrected chi connectivity index (χ3v) is 4.28. The van der Waals surface area contributed by atoms with E-state index in [0.29, 0.717) is 18.4 Å². The van der Waals surface area contributed by atoms with Gasteiger partial charge in [-0.1, -0.05) is 26.3 Å². The molecule has 0 bridgehead atoms. The zero-order valence-electron chi connectivity index (χ0n) is 12.5. The van der Waals surface area contributed by atoms with Crippen LogP contribution in [0.3, 0.4) is 0 Å². The van der Waals surface area contributed by atoms with Crippen molar-refractivity contribution in [2.75, 3.05) is 0 Å². The van der Waals surface area contributed by atoms with Crippen molar-refractivity contribution in [1.82, 2.24) is 5.32 Å². The molecule has 4 atom stereocenters. The highest BCUT2D eigenvalue weighted by molar-refractivity contribution is 5.87. The van der Waals surface area contributed by atoms with Gasteiger partial charge in [-0.15, -0.1) is 0 Å². The number of benzene rings is 1. The molecule has 6 heteroatoms. The van der Waals surface area contributed by atoms with Crippen molar-refractivity contribution in [3.05, 3.63) is 35.4 Å². The van der Waals surface area contributed by atoms with E-state index >= 15 is 0 Å². The number of hydrogen-bond donors (Lipinski definition) is 2. The van der Waals surface area contributed by atoms with Crippen LogP contribution in [0.15, 0.2) is 18.2 Å². The van der Waals surface area contributed by atoms with Crippen molar-refractivity contribution in [2.24, 2.45) is 11.8 Å². The highest BCUT2D eigenvalue weighted by atomic mass is 19.2. The number of carboxylic acid groups (broad SMARTS) is 1. The second-order valence-electron chi connectivity index (χ2n) is 5.83. The monoisotopic (exact) mass is 311 g/mol. The molecule has 0 aromatic heterocycles. The largest absolute Gasteiger partial charge is 0.480 e. The molecule has 2 rings (SSSR count).